The first kappa shape index (κ1) is 23.9. The van der Waals surface area contributed by atoms with Crippen LogP contribution in [0.4, 0.5) is 0 Å². The smallest absolute Gasteiger partial charge is 0.191 e. The summed E-state index contributed by atoms with van der Waals surface area (Å²) in [4.78, 5) is 7.13. The van der Waals surface area contributed by atoms with E-state index < -0.39 is 6.10 Å². The van der Waals surface area contributed by atoms with E-state index in [1.54, 1.807) is 26.4 Å². The van der Waals surface area contributed by atoms with Crippen LogP contribution in [0.2, 0.25) is 0 Å². The lowest BCUT2D eigenvalue weighted by atomic mass is 10.0. The first-order valence-corrected chi connectivity index (χ1v) is 11.3. The Hall–Kier alpha value is -2.77. The fourth-order valence-corrected chi connectivity index (χ4v) is 3.97. The SMILES string of the molecule is CCNC(=NCC(O)c1cc(OC)ccc1OC)NC1CCN(Cc2ccccc2)CC1. The highest BCUT2D eigenvalue weighted by Gasteiger charge is 2.20. The van der Waals surface area contributed by atoms with E-state index in [1.165, 1.54) is 5.56 Å². The summed E-state index contributed by atoms with van der Waals surface area (Å²) >= 11 is 0. The van der Waals surface area contributed by atoms with Gasteiger partial charge in [0.15, 0.2) is 5.96 Å². The van der Waals surface area contributed by atoms with Gasteiger partial charge in [-0.2, -0.15) is 0 Å². The van der Waals surface area contributed by atoms with E-state index in [1.807, 2.05) is 13.0 Å². The monoisotopic (exact) mass is 440 g/mol. The highest BCUT2D eigenvalue weighted by molar-refractivity contribution is 5.80. The zero-order valence-corrected chi connectivity index (χ0v) is 19.4. The highest BCUT2D eigenvalue weighted by atomic mass is 16.5. The van der Waals surface area contributed by atoms with Crippen molar-refractivity contribution in [3.8, 4) is 11.5 Å². The molecule has 32 heavy (non-hydrogen) atoms. The second-order valence-electron chi connectivity index (χ2n) is 8.02. The van der Waals surface area contributed by atoms with Gasteiger partial charge >= 0.3 is 0 Å². The summed E-state index contributed by atoms with van der Waals surface area (Å²) in [6, 6.07) is 16.4. The largest absolute Gasteiger partial charge is 0.497 e. The number of nitrogens with zero attached hydrogens (tertiary/aromatic N) is 2. The number of hydrogen-bond acceptors (Lipinski definition) is 5. The molecule has 0 radical (unpaired) electrons. The molecule has 0 aliphatic carbocycles. The highest BCUT2D eigenvalue weighted by Crippen LogP contribution is 2.29. The number of nitrogens with one attached hydrogen (secondary N) is 2. The number of methoxy groups -OCH3 is 2. The molecule has 0 saturated carbocycles. The van der Waals surface area contributed by atoms with Crippen LogP contribution in [0.3, 0.4) is 0 Å². The number of likely N-dealkylation sites (tertiary alicyclic amines) is 1. The molecule has 1 atom stereocenters. The first-order chi connectivity index (χ1) is 15.6. The summed E-state index contributed by atoms with van der Waals surface area (Å²) in [5.74, 6) is 2.03. The summed E-state index contributed by atoms with van der Waals surface area (Å²) in [5, 5.41) is 17.6. The maximum absolute atomic E-state index is 10.7. The van der Waals surface area contributed by atoms with Crippen molar-refractivity contribution >= 4 is 5.96 Å². The number of benzene rings is 2. The van der Waals surface area contributed by atoms with Gasteiger partial charge in [0.25, 0.3) is 0 Å². The number of aliphatic hydroxyl groups is 1. The molecule has 0 aromatic heterocycles. The van der Waals surface area contributed by atoms with Gasteiger partial charge in [0, 0.05) is 37.8 Å². The Bertz CT molecular complexity index is 852. The van der Waals surface area contributed by atoms with Crippen molar-refractivity contribution < 1.29 is 14.6 Å². The molecule has 2 aromatic carbocycles. The zero-order chi connectivity index (χ0) is 22.8. The standard InChI is InChI=1S/C25H36N4O3/c1-4-26-25(27-17-23(30)22-16-21(31-2)10-11-24(22)32-3)28-20-12-14-29(15-13-20)18-19-8-6-5-7-9-19/h5-11,16,20,23,30H,4,12-15,17-18H2,1-3H3,(H2,26,27,28). The van der Waals surface area contributed by atoms with Crippen LogP contribution in [0.25, 0.3) is 0 Å². The second-order valence-corrected chi connectivity index (χ2v) is 8.02. The molecule has 0 spiro atoms. The van der Waals surface area contributed by atoms with E-state index in [4.69, 9.17) is 9.47 Å². The van der Waals surface area contributed by atoms with Crippen molar-refractivity contribution in [1.29, 1.82) is 0 Å². The van der Waals surface area contributed by atoms with Gasteiger partial charge < -0.3 is 25.2 Å². The molecule has 1 saturated heterocycles. The van der Waals surface area contributed by atoms with Gasteiger partial charge in [0.2, 0.25) is 0 Å². The van der Waals surface area contributed by atoms with Gasteiger partial charge in [0.1, 0.15) is 17.6 Å². The molecule has 1 unspecified atom stereocenters. The van der Waals surface area contributed by atoms with Gasteiger partial charge in [-0.1, -0.05) is 30.3 Å². The Labute approximate surface area is 191 Å². The second kappa shape index (κ2) is 12.3. The van der Waals surface area contributed by atoms with Crippen molar-refractivity contribution in [2.75, 3.05) is 40.4 Å². The Morgan fingerprint density at radius 2 is 1.88 bits per heavy atom. The summed E-state index contributed by atoms with van der Waals surface area (Å²) in [5.41, 5.74) is 2.02. The molecule has 0 bridgehead atoms. The zero-order valence-electron chi connectivity index (χ0n) is 19.4. The van der Waals surface area contributed by atoms with Crippen LogP contribution in [0, 0.1) is 0 Å². The van der Waals surface area contributed by atoms with Gasteiger partial charge in [-0.25, -0.2) is 0 Å². The molecular weight excluding hydrogens is 404 g/mol. The maximum atomic E-state index is 10.7. The molecule has 1 heterocycles. The van der Waals surface area contributed by atoms with Gasteiger partial charge in [0.05, 0.1) is 20.8 Å². The molecule has 3 rings (SSSR count). The van der Waals surface area contributed by atoms with Crippen LogP contribution in [-0.2, 0) is 6.54 Å². The van der Waals surface area contributed by atoms with E-state index in [9.17, 15) is 5.11 Å². The van der Waals surface area contributed by atoms with E-state index in [0.717, 1.165) is 45.0 Å². The van der Waals surface area contributed by atoms with Crippen molar-refractivity contribution in [1.82, 2.24) is 15.5 Å². The minimum absolute atomic E-state index is 0.228. The molecule has 1 aliphatic heterocycles. The molecule has 1 fully saturated rings. The van der Waals surface area contributed by atoms with E-state index in [0.29, 0.717) is 23.1 Å². The fraction of sp³-hybridized carbons (Fsp3) is 0.480. The van der Waals surface area contributed by atoms with E-state index in [2.05, 4.69) is 50.9 Å². The van der Waals surface area contributed by atoms with Crippen LogP contribution in [0.15, 0.2) is 53.5 Å². The molecule has 3 N–H and O–H groups in total. The van der Waals surface area contributed by atoms with Crippen molar-refractivity contribution in [3.05, 3.63) is 59.7 Å². The summed E-state index contributed by atoms with van der Waals surface area (Å²) < 4.78 is 10.7. The van der Waals surface area contributed by atoms with E-state index >= 15 is 0 Å². The number of piperidine rings is 1. The van der Waals surface area contributed by atoms with Crippen LogP contribution < -0.4 is 20.1 Å². The van der Waals surface area contributed by atoms with Gasteiger partial charge in [-0.3, -0.25) is 9.89 Å². The number of guanidine groups is 1. The number of aliphatic imine (C=N–C) groups is 1. The predicted molar refractivity (Wildman–Crippen MR) is 128 cm³/mol. The third-order valence-electron chi connectivity index (χ3n) is 5.74. The molecule has 7 nitrogen and oxygen atoms in total. The minimum Gasteiger partial charge on any atom is -0.497 e. The third kappa shape index (κ3) is 6.87. The summed E-state index contributed by atoms with van der Waals surface area (Å²) in [6.07, 6.45) is 1.33. The number of hydrogen-bond donors (Lipinski definition) is 3. The van der Waals surface area contributed by atoms with Crippen molar-refractivity contribution in [3.63, 3.8) is 0 Å². The minimum atomic E-state index is -0.789. The normalized spacial score (nSPS) is 16.4. The summed E-state index contributed by atoms with van der Waals surface area (Å²) in [7, 11) is 3.20. The predicted octanol–water partition coefficient (Wildman–Crippen LogP) is 2.96. The number of aliphatic hydroxyl groups excluding tert-OH is 1. The average Bonchev–Trinajstić information content (AvgIpc) is 2.84. The van der Waals surface area contributed by atoms with E-state index in [-0.39, 0.29) is 6.54 Å². The lowest BCUT2D eigenvalue weighted by Crippen LogP contribution is -2.48. The Morgan fingerprint density at radius 1 is 1.12 bits per heavy atom. The maximum Gasteiger partial charge on any atom is 0.191 e. The Morgan fingerprint density at radius 3 is 2.53 bits per heavy atom. The van der Waals surface area contributed by atoms with Crippen molar-refractivity contribution in [2.45, 2.75) is 38.5 Å². The van der Waals surface area contributed by atoms with Crippen LogP contribution >= 0.6 is 0 Å². The molecule has 2 aromatic rings. The number of rotatable bonds is 9. The number of ether oxygens (including phenoxy) is 2. The lowest BCUT2D eigenvalue weighted by molar-refractivity contribution is 0.181. The molecule has 7 heteroatoms. The summed E-state index contributed by atoms with van der Waals surface area (Å²) in [6.45, 7) is 6.13. The topological polar surface area (TPSA) is 78.4 Å². The van der Waals surface area contributed by atoms with Gasteiger partial charge in [-0.15, -0.1) is 0 Å². The first-order valence-electron chi connectivity index (χ1n) is 11.3. The van der Waals surface area contributed by atoms with Crippen molar-refractivity contribution in [2.24, 2.45) is 4.99 Å². The Kier molecular flexibility index (Phi) is 9.19. The molecule has 174 valence electrons. The molecule has 0 amide bonds. The quantitative estimate of drug-likeness (QED) is 0.411. The lowest BCUT2D eigenvalue weighted by Gasteiger charge is -2.33. The average molecular weight is 441 g/mol. The third-order valence-corrected chi connectivity index (χ3v) is 5.74. The fourth-order valence-electron chi connectivity index (χ4n) is 3.97. The van der Waals surface area contributed by atoms with Crippen LogP contribution in [0.5, 0.6) is 11.5 Å². The molecular formula is C25H36N4O3. The van der Waals surface area contributed by atoms with Crippen LogP contribution in [0.1, 0.15) is 37.0 Å². The molecule has 1 aliphatic rings. The van der Waals surface area contributed by atoms with Gasteiger partial charge in [-0.05, 0) is 43.5 Å². The van der Waals surface area contributed by atoms with Crippen LogP contribution in [-0.4, -0.2) is 62.4 Å². The Balaban J connectivity index is 1.55.